The SMILES string of the molecule is CCNc1cn2ccnc2c(NC(C)(C)COC)n1. The van der Waals surface area contributed by atoms with Crippen molar-refractivity contribution in [3.63, 3.8) is 0 Å². The second kappa shape index (κ2) is 5.44. The van der Waals surface area contributed by atoms with Crippen LogP contribution in [0.3, 0.4) is 0 Å². The predicted molar refractivity (Wildman–Crippen MR) is 76.7 cm³/mol. The van der Waals surface area contributed by atoms with Crippen LogP contribution in [0.25, 0.3) is 5.65 Å². The molecule has 0 aliphatic rings. The Labute approximate surface area is 113 Å². The van der Waals surface area contributed by atoms with Gasteiger partial charge >= 0.3 is 0 Å². The first kappa shape index (κ1) is 13.6. The summed E-state index contributed by atoms with van der Waals surface area (Å²) in [6, 6.07) is 0. The second-order valence-corrected chi connectivity index (χ2v) is 5.11. The Hall–Kier alpha value is -1.82. The summed E-state index contributed by atoms with van der Waals surface area (Å²) in [5, 5.41) is 6.60. The first-order valence-corrected chi connectivity index (χ1v) is 6.40. The molecular weight excluding hydrogens is 242 g/mol. The van der Waals surface area contributed by atoms with Gasteiger partial charge in [-0.05, 0) is 20.8 Å². The number of nitrogens with zero attached hydrogens (tertiary/aromatic N) is 3. The number of hydrogen-bond donors (Lipinski definition) is 2. The highest BCUT2D eigenvalue weighted by atomic mass is 16.5. The normalized spacial score (nSPS) is 11.8. The van der Waals surface area contributed by atoms with Crippen LogP contribution in [0.4, 0.5) is 11.6 Å². The third-order valence-corrected chi connectivity index (χ3v) is 2.69. The number of methoxy groups -OCH3 is 1. The number of ether oxygens (including phenoxy) is 1. The third kappa shape index (κ3) is 3.14. The van der Waals surface area contributed by atoms with Gasteiger partial charge in [-0.2, -0.15) is 0 Å². The minimum absolute atomic E-state index is 0.209. The summed E-state index contributed by atoms with van der Waals surface area (Å²) in [5.41, 5.74) is 0.602. The quantitative estimate of drug-likeness (QED) is 0.834. The molecule has 2 N–H and O–H groups in total. The molecule has 0 atom stereocenters. The van der Waals surface area contributed by atoms with Crippen molar-refractivity contribution in [2.75, 3.05) is 30.9 Å². The highest BCUT2D eigenvalue weighted by molar-refractivity contribution is 5.66. The van der Waals surface area contributed by atoms with Crippen LogP contribution in [-0.2, 0) is 4.74 Å². The van der Waals surface area contributed by atoms with Gasteiger partial charge in [-0.1, -0.05) is 0 Å². The van der Waals surface area contributed by atoms with E-state index in [2.05, 4.69) is 34.4 Å². The molecule has 6 heteroatoms. The zero-order valence-electron chi connectivity index (χ0n) is 11.9. The molecule has 104 valence electrons. The summed E-state index contributed by atoms with van der Waals surface area (Å²) in [4.78, 5) is 8.90. The Morgan fingerprint density at radius 1 is 1.42 bits per heavy atom. The summed E-state index contributed by atoms with van der Waals surface area (Å²) in [7, 11) is 1.69. The third-order valence-electron chi connectivity index (χ3n) is 2.69. The first-order valence-electron chi connectivity index (χ1n) is 6.40. The van der Waals surface area contributed by atoms with Crippen LogP contribution in [0.2, 0.25) is 0 Å². The monoisotopic (exact) mass is 263 g/mol. The van der Waals surface area contributed by atoms with Crippen molar-refractivity contribution in [3.8, 4) is 0 Å². The number of hydrogen-bond acceptors (Lipinski definition) is 5. The van der Waals surface area contributed by atoms with E-state index in [-0.39, 0.29) is 5.54 Å². The van der Waals surface area contributed by atoms with Gasteiger partial charge in [0.25, 0.3) is 0 Å². The number of rotatable bonds is 6. The molecule has 2 heterocycles. The topological polar surface area (TPSA) is 63.5 Å². The molecule has 19 heavy (non-hydrogen) atoms. The van der Waals surface area contributed by atoms with E-state index in [0.29, 0.717) is 6.61 Å². The summed E-state index contributed by atoms with van der Waals surface area (Å²) >= 11 is 0. The molecule has 6 nitrogen and oxygen atoms in total. The van der Waals surface area contributed by atoms with Crippen LogP contribution < -0.4 is 10.6 Å². The summed E-state index contributed by atoms with van der Waals surface area (Å²) in [6.45, 7) is 7.60. The van der Waals surface area contributed by atoms with E-state index in [4.69, 9.17) is 4.74 Å². The van der Waals surface area contributed by atoms with Crippen molar-refractivity contribution >= 4 is 17.3 Å². The molecule has 0 saturated carbocycles. The van der Waals surface area contributed by atoms with Gasteiger partial charge in [-0.15, -0.1) is 0 Å². The maximum Gasteiger partial charge on any atom is 0.180 e. The lowest BCUT2D eigenvalue weighted by molar-refractivity contribution is 0.158. The Balaban J connectivity index is 2.37. The molecule has 0 bridgehead atoms. The lowest BCUT2D eigenvalue weighted by atomic mass is 10.1. The van der Waals surface area contributed by atoms with Gasteiger partial charge in [0.15, 0.2) is 11.5 Å². The minimum Gasteiger partial charge on any atom is -0.382 e. The summed E-state index contributed by atoms with van der Waals surface area (Å²) in [6.07, 6.45) is 5.61. The molecule has 0 saturated heterocycles. The average molecular weight is 263 g/mol. The lowest BCUT2D eigenvalue weighted by Gasteiger charge is -2.26. The van der Waals surface area contributed by atoms with E-state index in [9.17, 15) is 0 Å². The Morgan fingerprint density at radius 3 is 2.89 bits per heavy atom. The van der Waals surface area contributed by atoms with Crippen molar-refractivity contribution < 1.29 is 4.74 Å². The lowest BCUT2D eigenvalue weighted by Crippen LogP contribution is -2.36. The van der Waals surface area contributed by atoms with Gasteiger partial charge in [0.2, 0.25) is 0 Å². The molecule has 0 aliphatic carbocycles. The second-order valence-electron chi connectivity index (χ2n) is 5.11. The summed E-state index contributed by atoms with van der Waals surface area (Å²) in [5.74, 6) is 1.58. The number of anilines is 2. The van der Waals surface area contributed by atoms with Gasteiger partial charge in [0.1, 0.15) is 5.82 Å². The standard InChI is InChI=1S/C13H21N5O/c1-5-14-10-8-18-7-6-15-12(18)11(16-10)17-13(2,3)9-19-4/h6-8,14H,5,9H2,1-4H3,(H,16,17). The zero-order valence-corrected chi connectivity index (χ0v) is 11.9. The zero-order chi connectivity index (χ0) is 13.9. The highest BCUT2D eigenvalue weighted by Crippen LogP contribution is 2.20. The fourth-order valence-electron chi connectivity index (χ4n) is 2.00. The maximum absolute atomic E-state index is 5.22. The number of nitrogens with one attached hydrogen (secondary N) is 2. The number of aromatic nitrogens is 3. The Morgan fingerprint density at radius 2 is 2.21 bits per heavy atom. The minimum atomic E-state index is -0.209. The van der Waals surface area contributed by atoms with Crippen molar-refractivity contribution in [1.29, 1.82) is 0 Å². The van der Waals surface area contributed by atoms with Crippen molar-refractivity contribution in [1.82, 2.24) is 14.4 Å². The maximum atomic E-state index is 5.22. The summed E-state index contributed by atoms with van der Waals surface area (Å²) < 4.78 is 7.17. The van der Waals surface area contributed by atoms with E-state index >= 15 is 0 Å². The molecule has 0 fully saturated rings. The van der Waals surface area contributed by atoms with E-state index < -0.39 is 0 Å². The number of imidazole rings is 1. The fraction of sp³-hybridized carbons (Fsp3) is 0.538. The fourth-order valence-corrected chi connectivity index (χ4v) is 2.00. The molecule has 0 aliphatic heterocycles. The predicted octanol–water partition coefficient (Wildman–Crippen LogP) is 2.00. The Kier molecular flexibility index (Phi) is 3.90. The highest BCUT2D eigenvalue weighted by Gasteiger charge is 2.20. The van der Waals surface area contributed by atoms with E-state index in [1.165, 1.54) is 0 Å². The molecule has 0 radical (unpaired) electrons. The van der Waals surface area contributed by atoms with E-state index in [0.717, 1.165) is 23.8 Å². The van der Waals surface area contributed by atoms with Crippen LogP contribution in [0, 0.1) is 0 Å². The molecule has 0 spiro atoms. The van der Waals surface area contributed by atoms with Gasteiger partial charge in [0.05, 0.1) is 18.3 Å². The average Bonchev–Trinajstić information content (AvgIpc) is 2.77. The van der Waals surface area contributed by atoms with Crippen molar-refractivity contribution in [3.05, 3.63) is 18.6 Å². The smallest absolute Gasteiger partial charge is 0.180 e. The molecule has 2 aromatic heterocycles. The molecule has 0 unspecified atom stereocenters. The Bertz CT molecular complexity index is 549. The first-order chi connectivity index (χ1) is 9.05. The van der Waals surface area contributed by atoms with Crippen LogP contribution in [0.5, 0.6) is 0 Å². The van der Waals surface area contributed by atoms with Gasteiger partial charge < -0.3 is 19.8 Å². The molecule has 2 aromatic rings. The largest absolute Gasteiger partial charge is 0.382 e. The van der Waals surface area contributed by atoms with Crippen molar-refractivity contribution in [2.45, 2.75) is 26.3 Å². The molecule has 2 rings (SSSR count). The number of fused-ring (bicyclic) bond motifs is 1. The molecule has 0 amide bonds. The molecular formula is C13H21N5O. The van der Waals surface area contributed by atoms with Crippen LogP contribution >= 0.6 is 0 Å². The van der Waals surface area contributed by atoms with E-state index in [1.54, 1.807) is 13.3 Å². The van der Waals surface area contributed by atoms with Gasteiger partial charge in [-0.3, -0.25) is 0 Å². The molecule has 0 aromatic carbocycles. The van der Waals surface area contributed by atoms with Crippen LogP contribution in [-0.4, -0.2) is 40.2 Å². The van der Waals surface area contributed by atoms with Gasteiger partial charge in [0, 0.05) is 26.0 Å². The van der Waals surface area contributed by atoms with Gasteiger partial charge in [-0.25, -0.2) is 9.97 Å². The van der Waals surface area contributed by atoms with Crippen molar-refractivity contribution in [2.24, 2.45) is 0 Å². The van der Waals surface area contributed by atoms with Crippen LogP contribution in [0.1, 0.15) is 20.8 Å². The van der Waals surface area contributed by atoms with E-state index in [1.807, 2.05) is 23.7 Å². The van der Waals surface area contributed by atoms with Crippen LogP contribution in [0.15, 0.2) is 18.6 Å².